The minimum Gasteiger partial charge on any atom is -0.368 e. The summed E-state index contributed by atoms with van der Waals surface area (Å²) in [6.45, 7) is 7.35. The molecule has 0 aromatic rings. The third-order valence-electron chi connectivity index (χ3n) is 1.54. The van der Waals surface area contributed by atoms with Crippen molar-refractivity contribution in [3.63, 3.8) is 0 Å². The highest BCUT2D eigenvalue weighted by molar-refractivity contribution is 5.85. The fourth-order valence-corrected chi connectivity index (χ4v) is 1.08. The number of hydrogen-bond donors (Lipinski definition) is 2. The molecule has 0 aliphatic carbocycles. The van der Waals surface area contributed by atoms with E-state index in [9.17, 15) is 9.59 Å². The van der Waals surface area contributed by atoms with E-state index in [0.29, 0.717) is 6.42 Å². The van der Waals surface area contributed by atoms with E-state index in [1.165, 1.54) is 6.92 Å². The number of rotatable bonds is 3. The number of carbonyl (C=O) groups excluding carboxylic acids is 2. The molecule has 0 saturated heterocycles. The summed E-state index contributed by atoms with van der Waals surface area (Å²) in [5.74, 6) is -0.710. The summed E-state index contributed by atoms with van der Waals surface area (Å²) in [6, 6.07) is -0.558. The lowest BCUT2D eigenvalue weighted by Gasteiger charge is -2.24. The predicted octanol–water partition coefficient (Wildman–Crippen LogP) is 0.413. The number of carbonyl (C=O) groups is 2. The first kappa shape index (κ1) is 11.9. The Morgan fingerprint density at radius 2 is 1.85 bits per heavy atom. The Morgan fingerprint density at radius 1 is 1.38 bits per heavy atom. The second kappa shape index (κ2) is 4.25. The zero-order valence-electron chi connectivity index (χ0n) is 8.68. The summed E-state index contributed by atoms with van der Waals surface area (Å²) in [5, 5.41) is 2.52. The van der Waals surface area contributed by atoms with Crippen LogP contribution < -0.4 is 11.1 Å². The smallest absolute Gasteiger partial charge is 0.240 e. The molecule has 0 bridgehead atoms. The Labute approximate surface area is 78.9 Å². The molecule has 4 heteroatoms. The van der Waals surface area contributed by atoms with Crippen molar-refractivity contribution >= 4 is 11.8 Å². The quantitative estimate of drug-likeness (QED) is 0.670. The van der Waals surface area contributed by atoms with Crippen LogP contribution in [-0.2, 0) is 9.59 Å². The molecule has 1 unspecified atom stereocenters. The average molecular weight is 186 g/mol. The molecular weight excluding hydrogens is 168 g/mol. The van der Waals surface area contributed by atoms with E-state index in [0.717, 1.165) is 0 Å². The molecule has 0 radical (unpaired) electrons. The minimum atomic E-state index is -0.558. The highest BCUT2D eigenvalue weighted by atomic mass is 16.2. The van der Waals surface area contributed by atoms with Gasteiger partial charge in [0, 0.05) is 6.92 Å². The Hall–Kier alpha value is -1.06. The van der Waals surface area contributed by atoms with Crippen LogP contribution >= 0.6 is 0 Å². The average Bonchev–Trinajstić information content (AvgIpc) is 1.81. The molecule has 0 aromatic heterocycles. The van der Waals surface area contributed by atoms with Crippen molar-refractivity contribution in [3.05, 3.63) is 0 Å². The van der Waals surface area contributed by atoms with Gasteiger partial charge in [0.05, 0.1) is 0 Å². The molecule has 0 rings (SSSR count). The van der Waals surface area contributed by atoms with Gasteiger partial charge in [-0.2, -0.15) is 0 Å². The lowest BCUT2D eigenvalue weighted by molar-refractivity contribution is -0.126. The normalized spacial score (nSPS) is 13.5. The van der Waals surface area contributed by atoms with Gasteiger partial charge in [0.2, 0.25) is 11.8 Å². The Kier molecular flexibility index (Phi) is 3.91. The molecule has 4 nitrogen and oxygen atoms in total. The fourth-order valence-electron chi connectivity index (χ4n) is 1.08. The first-order chi connectivity index (χ1) is 5.72. The third-order valence-corrected chi connectivity index (χ3v) is 1.54. The van der Waals surface area contributed by atoms with Gasteiger partial charge in [-0.15, -0.1) is 0 Å². The first-order valence-electron chi connectivity index (χ1n) is 4.29. The number of primary amides is 1. The monoisotopic (exact) mass is 186 g/mol. The van der Waals surface area contributed by atoms with E-state index in [1.807, 2.05) is 20.8 Å². The van der Waals surface area contributed by atoms with E-state index in [-0.39, 0.29) is 11.3 Å². The molecule has 0 aliphatic rings. The van der Waals surface area contributed by atoms with Gasteiger partial charge in [0.15, 0.2) is 0 Å². The van der Waals surface area contributed by atoms with Gasteiger partial charge in [0.1, 0.15) is 6.04 Å². The van der Waals surface area contributed by atoms with Crippen LogP contribution in [0.5, 0.6) is 0 Å². The molecular formula is C9H18N2O2. The SMILES string of the molecule is CC(=O)NC(CC(C)(C)C)C(N)=O. The van der Waals surface area contributed by atoms with Crippen molar-refractivity contribution < 1.29 is 9.59 Å². The second-order valence-electron chi connectivity index (χ2n) is 4.42. The first-order valence-corrected chi connectivity index (χ1v) is 4.29. The number of hydrogen-bond acceptors (Lipinski definition) is 2. The minimum absolute atomic E-state index is 0.0256. The Balaban J connectivity index is 4.27. The summed E-state index contributed by atoms with van der Waals surface area (Å²) in [5.41, 5.74) is 5.11. The van der Waals surface area contributed by atoms with Crippen LogP contribution in [0.15, 0.2) is 0 Å². The van der Waals surface area contributed by atoms with Crippen molar-refractivity contribution in [2.75, 3.05) is 0 Å². The number of amides is 2. The molecule has 0 fully saturated rings. The summed E-state index contributed by atoms with van der Waals surface area (Å²) in [6.07, 6.45) is 0.557. The van der Waals surface area contributed by atoms with Crippen molar-refractivity contribution in [2.45, 2.75) is 40.2 Å². The topological polar surface area (TPSA) is 72.2 Å². The van der Waals surface area contributed by atoms with Gasteiger partial charge in [0.25, 0.3) is 0 Å². The van der Waals surface area contributed by atoms with E-state index in [2.05, 4.69) is 5.32 Å². The maximum atomic E-state index is 10.9. The second-order valence-corrected chi connectivity index (χ2v) is 4.42. The number of nitrogens with one attached hydrogen (secondary N) is 1. The molecule has 1 atom stereocenters. The zero-order valence-corrected chi connectivity index (χ0v) is 8.68. The maximum Gasteiger partial charge on any atom is 0.240 e. The lowest BCUT2D eigenvalue weighted by atomic mass is 9.88. The van der Waals surface area contributed by atoms with Crippen LogP contribution in [0.4, 0.5) is 0 Å². The van der Waals surface area contributed by atoms with Crippen LogP contribution in [0.2, 0.25) is 0 Å². The highest BCUT2D eigenvalue weighted by Gasteiger charge is 2.23. The molecule has 76 valence electrons. The van der Waals surface area contributed by atoms with Crippen LogP contribution in [0.1, 0.15) is 34.1 Å². The standard InChI is InChI=1S/C9H18N2O2/c1-6(12)11-7(8(10)13)5-9(2,3)4/h7H,5H2,1-4H3,(H2,10,13)(H,11,12). The van der Waals surface area contributed by atoms with Crippen LogP contribution in [-0.4, -0.2) is 17.9 Å². The van der Waals surface area contributed by atoms with Crippen molar-refractivity contribution in [3.8, 4) is 0 Å². The summed E-state index contributed by atoms with van der Waals surface area (Å²) in [7, 11) is 0. The zero-order chi connectivity index (χ0) is 10.6. The summed E-state index contributed by atoms with van der Waals surface area (Å²) >= 11 is 0. The molecule has 0 aromatic carbocycles. The highest BCUT2D eigenvalue weighted by Crippen LogP contribution is 2.20. The van der Waals surface area contributed by atoms with E-state index in [4.69, 9.17) is 5.73 Å². The van der Waals surface area contributed by atoms with Gasteiger partial charge in [-0.1, -0.05) is 20.8 Å². The van der Waals surface area contributed by atoms with E-state index in [1.54, 1.807) is 0 Å². The van der Waals surface area contributed by atoms with Crippen LogP contribution in [0.3, 0.4) is 0 Å². The van der Waals surface area contributed by atoms with Gasteiger partial charge < -0.3 is 11.1 Å². The van der Waals surface area contributed by atoms with Crippen LogP contribution in [0, 0.1) is 5.41 Å². The largest absolute Gasteiger partial charge is 0.368 e. The summed E-state index contributed by atoms with van der Waals surface area (Å²) in [4.78, 5) is 21.6. The molecule has 2 amide bonds. The van der Waals surface area contributed by atoms with Crippen molar-refractivity contribution in [2.24, 2.45) is 11.1 Å². The van der Waals surface area contributed by atoms with Gasteiger partial charge in [-0.25, -0.2) is 0 Å². The molecule has 3 N–H and O–H groups in total. The van der Waals surface area contributed by atoms with E-state index >= 15 is 0 Å². The summed E-state index contributed by atoms with van der Waals surface area (Å²) < 4.78 is 0. The van der Waals surface area contributed by atoms with Crippen molar-refractivity contribution in [1.29, 1.82) is 0 Å². The molecule has 0 saturated carbocycles. The maximum absolute atomic E-state index is 10.9. The molecule has 0 aliphatic heterocycles. The predicted molar refractivity (Wildman–Crippen MR) is 50.9 cm³/mol. The fraction of sp³-hybridized carbons (Fsp3) is 0.778. The number of nitrogens with two attached hydrogens (primary N) is 1. The lowest BCUT2D eigenvalue weighted by Crippen LogP contribution is -2.45. The van der Waals surface area contributed by atoms with Crippen molar-refractivity contribution in [1.82, 2.24) is 5.32 Å². The van der Waals surface area contributed by atoms with Gasteiger partial charge >= 0.3 is 0 Å². The van der Waals surface area contributed by atoms with E-state index < -0.39 is 11.9 Å². The van der Waals surface area contributed by atoms with Gasteiger partial charge in [-0.3, -0.25) is 9.59 Å². The van der Waals surface area contributed by atoms with Crippen LogP contribution in [0.25, 0.3) is 0 Å². The Bertz CT molecular complexity index is 206. The van der Waals surface area contributed by atoms with Gasteiger partial charge in [-0.05, 0) is 11.8 Å². The molecule has 0 heterocycles. The Morgan fingerprint density at radius 3 is 2.08 bits per heavy atom. The molecule has 13 heavy (non-hydrogen) atoms. The molecule has 0 spiro atoms. The third kappa shape index (κ3) is 6.13.